The fourth-order valence-electron chi connectivity index (χ4n) is 2.59. The van der Waals surface area contributed by atoms with Crippen LogP contribution >= 0.6 is 0 Å². The first kappa shape index (κ1) is 22.1. The summed E-state index contributed by atoms with van der Waals surface area (Å²) in [5, 5.41) is 1.36. The summed E-state index contributed by atoms with van der Waals surface area (Å²) in [6.45, 7) is 1.05. The molecule has 0 N–H and O–H groups in total. The Bertz CT molecular complexity index is 1390. The van der Waals surface area contributed by atoms with Crippen molar-refractivity contribution in [3.8, 4) is 5.75 Å². The summed E-state index contributed by atoms with van der Waals surface area (Å²) in [7, 11) is -12.5. The molecule has 16 heteroatoms. The number of alkyl halides is 6. The fourth-order valence-corrected chi connectivity index (χ4v) is 3.86. The van der Waals surface area contributed by atoms with Gasteiger partial charge in [-0.2, -0.15) is 48.3 Å². The average molecular weight is 480 g/mol. The lowest BCUT2D eigenvalue weighted by molar-refractivity contribution is -0.0499. The Morgan fingerprint density at radius 2 is 1.60 bits per heavy atom. The summed E-state index contributed by atoms with van der Waals surface area (Å²) < 4.78 is 141. The molecule has 30 heavy (non-hydrogen) atoms. The minimum Gasteiger partial charge on any atom is -0.375 e. The number of halogens is 7. The average Bonchev–Trinajstić information content (AvgIpc) is 3.00. The molecule has 0 spiro atoms. The van der Waals surface area contributed by atoms with Gasteiger partial charge in [0.15, 0.2) is 5.75 Å². The maximum atomic E-state index is 14.0. The predicted octanol–water partition coefficient (Wildman–Crippen LogP) is 3.56. The predicted molar refractivity (Wildman–Crippen MR) is 87.9 cm³/mol. The lowest BCUT2D eigenvalue weighted by atomic mass is 10.0. The van der Waals surface area contributed by atoms with Gasteiger partial charge in [0.1, 0.15) is 5.82 Å². The molecule has 2 aromatic carbocycles. The first-order valence-electron chi connectivity index (χ1n) is 7.41. The van der Waals surface area contributed by atoms with Gasteiger partial charge in [0.05, 0.1) is 17.1 Å². The minimum atomic E-state index is -6.35. The van der Waals surface area contributed by atoms with E-state index in [2.05, 4.69) is 9.28 Å². The van der Waals surface area contributed by atoms with E-state index in [0.29, 0.717) is 6.20 Å². The Balaban J connectivity index is 2.49. The standard InChI is InChI=1S/C14H7F7N2O5S2/c1-6-9(15)3-2-7-4-10-8(5-22-23(10)29(24,25)13(16,17)18)12(11(6)7)28-30(26,27)14(19,20)21/h2-5H,1H3. The van der Waals surface area contributed by atoms with E-state index in [0.717, 1.165) is 25.1 Å². The first-order valence-corrected chi connectivity index (χ1v) is 10.3. The van der Waals surface area contributed by atoms with Crippen molar-refractivity contribution in [2.45, 2.75) is 17.9 Å². The van der Waals surface area contributed by atoms with Crippen molar-refractivity contribution in [2.75, 3.05) is 0 Å². The van der Waals surface area contributed by atoms with Gasteiger partial charge in [0.2, 0.25) is 0 Å². The molecule has 0 bridgehead atoms. The van der Waals surface area contributed by atoms with E-state index >= 15 is 0 Å². The largest absolute Gasteiger partial charge is 0.534 e. The van der Waals surface area contributed by atoms with E-state index in [1.165, 1.54) is 0 Å². The molecule has 1 heterocycles. The molecule has 1 aromatic heterocycles. The van der Waals surface area contributed by atoms with Crippen molar-refractivity contribution in [3.63, 3.8) is 0 Å². The SMILES string of the molecule is Cc1c(F)ccc2cc3c(cnn3S(=O)(=O)C(F)(F)F)c(OS(=O)(=O)C(F)(F)F)c12. The number of aromatic nitrogens is 2. The number of benzene rings is 2. The maximum absolute atomic E-state index is 14.0. The molecule has 3 aromatic rings. The van der Waals surface area contributed by atoms with Gasteiger partial charge < -0.3 is 4.18 Å². The third kappa shape index (κ3) is 3.23. The van der Waals surface area contributed by atoms with Crippen molar-refractivity contribution in [3.05, 3.63) is 35.8 Å². The zero-order chi connectivity index (χ0) is 22.9. The van der Waals surface area contributed by atoms with Crippen LogP contribution in [0.15, 0.2) is 24.4 Å². The van der Waals surface area contributed by atoms with E-state index in [-0.39, 0.29) is 5.39 Å². The molecule has 0 aliphatic heterocycles. The molecule has 0 unspecified atom stereocenters. The van der Waals surface area contributed by atoms with Crippen LogP contribution in [0.3, 0.4) is 0 Å². The second-order valence-corrected chi connectivity index (χ2v) is 9.13. The smallest absolute Gasteiger partial charge is 0.375 e. The van der Waals surface area contributed by atoms with E-state index in [9.17, 15) is 47.6 Å². The molecule has 3 rings (SSSR count). The highest BCUT2D eigenvalue weighted by molar-refractivity contribution is 7.90. The van der Waals surface area contributed by atoms with E-state index < -0.39 is 68.7 Å². The number of aryl methyl sites for hydroxylation is 1. The molecule has 0 aliphatic rings. The molecule has 0 aliphatic carbocycles. The van der Waals surface area contributed by atoms with E-state index in [1.54, 1.807) is 0 Å². The van der Waals surface area contributed by atoms with Crippen molar-refractivity contribution >= 4 is 41.8 Å². The second-order valence-electron chi connectivity index (χ2n) is 5.83. The van der Waals surface area contributed by atoms with Gasteiger partial charge in [0, 0.05) is 5.39 Å². The zero-order valence-electron chi connectivity index (χ0n) is 14.2. The van der Waals surface area contributed by atoms with Crippen LogP contribution in [0.2, 0.25) is 0 Å². The van der Waals surface area contributed by atoms with Crippen LogP contribution in [-0.2, 0) is 20.1 Å². The van der Waals surface area contributed by atoms with Gasteiger partial charge in [-0.3, -0.25) is 0 Å². The van der Waals surface area contributed by atoms with Crippen molar-refractivity contribution in [2.24, 2.45) is 0 Å². The third-order valence-electron chi connectivity index (χ3n) is 3.97. The summed E-state index contributed by atoms with van der Waals surface area (Å²) in [5.74, 6) is -2.22. The molecule has 0 amide bonds. The first-order chi connectivity index (χ1) is 13.5. The molecule has 7 nitrogen and oxygen atoms in total. The molecule has 0 radical (unpaired) electrons. The van der Waals surface area contributed by atoms with Gasteiger partial charge in [-0.15, -0.1) is 4.09 Å². The topological polar surface area (TPSA) is 95.3 Å². The maximum Gasteiger partial charge on any atom is 0.534 e. The highest BCUT2D eigenvalue weighted by Crippen LogP contribution is 2.41. The summed E-state index contributed by atoms with van der Waals surface area (Å²) >= 11 is 0. The van der Waals surface area contributed by atoms with Gasteiger partial charge in [-0.05, 0) is 30.0 Å². The Morgan fingerprint density at radius 1 is 1.00 bits per heavy atom. The zero-order valence-corrected chi connectivity index (χ0v) is 15.8. The van der Waals surface area contributed by atoms with Crippen LogP contribution in [0.1, 0.15) is 5.56 Å². The Kier molecular flexibility index (Phi) is 4.74. The van der Waals surface area contributed by atoms with Crippen LogP contribution in [0, 0.1) is 12.7 Å². The molecule has 164 valence electrons. The highest BCUT2D eigenvalue weighted by atomic mass is 32.2. The molecule has 0 saturated heterocycles. The van der Waals surface area contributed by atoms with Crippen LogP contribution in [0.25, 0.3) is 21.7 Å². The second kappa shape index (κ2) is 6.44. The van der Waals surface area contributed by atoms with Crippen LogP contribution in [-0.4, -0.2) is 37.0 Å². The molecule has 0 atom stereocenters. The van der Waals surface area contributed by atoms with Gasteiger partial charge in [0.25, 0.3) is 0 Å². The summed E-state index contributed by atoms with van der Waals surface area (Å²) in [6, 6.07) is 2.45. The summed E-state index contributed by atoms with van der Waals surface area (Å²) in [6.07, 6.45) is 0.365. The highest BCUT2D eigenvalue weighted by Gasteiger charge is 2.50. The van der Waals surface area contributed by atoms with Crippen LogP contribution in [0.4, 0.5) is 30.7 Å². The van der Waals surface area contributed by atoms with Gasteiger partial charge in [-0.1, -0.05) is 6.07 Å². The fraction of sp³-hybridized carbons (Fsp3) is 0.214. The van der Waals surface area contributed by atoms with Crippen molar-refractivity contribution in [1.82, 2.24) is 9.19 Å². The quantitative estimate of drug-likeness (QED) is 0.323. The number of hydrogen-bond acceptors (Lipinski definition) is 6. The van der Waals surface area contributed by atoms with Crippen LogP contribution < -0.4 is 4.18 Å². The Labute approximate surface area is 162 Å². The minimum absolute atomic E-state index is 0.298. The van der Waals surface area contributed by atoms with Crippen LogP contribution in [0.5, 0.6) is 5.75 Å². The molecular weight excluding hydrogens is 473 g/mol. The lowest BCUT2D eigenvalue weighted by Gasteiger charge is -2.15. The Hall–Kier alpha value is -2.62. The van der Waals surface area contributed by atoms with Gasteiger partial charge in [-0.25, -0.2) is 4.39 Å². The lowest BCUT2D eigenvalue weighted by Crippen LogP contribution is -2.30. The monoisotopic (exact) mass is 480 g/mol. The van der Waals surface area contributed by atoms with Gasteiger partial charge >= 0.3 is 31.2 Å². The van der Waals surface area contributed by atoms with Crippen molar-refractivity contribution in [1.29, 1.82) is 0 Å². The molecular formula is C14H7F7N2O5S2. The summed E-state index contributed by atoms with van der Waals surface area (Å²) in [4.78, 5) is 0. The number of rotatable bonds is 3. The normalized spacial score (nSPS) is 13.9. The summed E-state index contributed by atoms with van der Waals surface area (Å²) in [5.41, 5.74) is -13.1. The molecule has 0 fully saturated rings. The molecule has 0 saturated carbocycles. The number of nitrogens with zero attached hydrogens (tertiary/aromatic N) is 2. The Morgan fingerprint density at radius 3 is 2.13 bits per heavy atom. The number of fused-ring (bicyclic) bond motifs is 2. The number of hydrogen-bond donors (Lipinski definition) is 0. The third-order valence-corrected chi connectivity index (χ3v) is 6.25. The van der Waals surface area contributed by atoms with E-state index in [4.69, 9.17) is 0 Å². The van der Waals surface area contributed by atoms with E-state index in [1.807, 2.05) is 0 Å². The van der Waals surface area contributed by atoms with Crippen molar-refractivity contribution < 1.29 is 51.8 Å².